The minimum absolute atomic E-state index is 0.00204. The lowest BCUT2D eigenvalue weighted by atomic mass is 9.88. The van der Waals surface area contributed by atoms with Crippen molar-refractivity contribution in [3.8, 4) is 0 Å². The molecule has 30 heavy (non-hydrogen) atoms. The van der Waals surface area contributed by atoms with Crippen LogP contribution >= 0.6 is 0 Å². The molecule has 0 bridgehead atoms. The third-order valence-corrected chi connectivity index (χ3v) is 5.34. The monoisotopic (exact) mass is 398 g/mol. The van der Waals surface area contributed by atoms with Crippen LogP contribution in [-0.2, 0) is 16.0 Å². The maximum absolute atomic E-state index is 12.8. The fraction of sp³-hybridized carbons (Fsp3) is 0.231. The molecule has 1 aliphatic rings. The number of hydrogen-bond acceptors (Lipinski definition) is 2. The number of nitrogens with one attached hydrogen (secondary N) is 2. The summed E-state index contributed by atoms with van der Waals surface area (Å²) in [6.07, 6.45) is 2.90. The SMILES string of the molecule is O=C(CC(c1ccccc1)c1ccccc1)Nc1ccc(CC(=O)NC2CC2)cc1. The van der Waals surface area contributed by atoms with E-state index in [-0.39, 0.29) is 17.7 Å². The molecule has 0 unspecified atom stereocenters. The molecular formula is C26H26N2O2. The molecule has 152 valence electrons. The second kappa shape index (κ2) is 9.40. The molecule has 3 aromatic carbocycles. The Kier molecular flexibility index (Phi) is 6.23. The minimum Gasteiger partial charge on any atom is -0.353 e. The van der Waals surface area contributed by atoms with Gasteiger partial charge < -0.3 is 10.6 Å². The van der Waals surface area contributed by atoms with Crippen LogP contribution in [0.5, 0.6) is 0 Å². The van der Waals surface area contributed by atoms with E-state index in [1.807, 2.05) is 60.7 Å². The quantitative estimate of drug-likeness (QED) is 0.579. The highest BCUT2D eigenvalue weighted by molar-refractivity contribution is 5.91. The van der Waals surface area contributed by atoms with Crippen molar-refractivity contribution < 1.29 is 9.59 Å². The van der Waals surface area contributed by atoms with Gasteiger partial charge in [0.15, 0.2) is 0 Å². The minimum atomic E-state index is -0.0352. The van der Waals surface area contributed by atoms with Gasteiger partial charge in [0.05, 0.1) is 6.42 Å². The van der Waals surface area contributed by atoms with E-state index >= 15 is 0 Å². The molecule has 4 rings (SSSR count). The smallest absolute Gasteiger partial charge is 0.225 e. The fourth-order valence-electron chi connectivity index (χ4n) is 3.59. The normalized spacial score (nSPS) is 13.1. The molecule has 0 saturated heterocycles. The van der Waals surface area contributed by atoms with Crippen molar-refractivity contribution in [2.24, 2.45) is 0 Å². The van der Waals surface area contributed by atoms with E-state index in [2.05, 4.69) is 34.9 Å². The largest absolute Gasteiger partial charge is 0.353 e. The van der Waals surface area contributed by atoms with Crippen LogP contribution in [0.3, 0.4) is 0 Å². The molecule has 2 amide bonds. The molecule has 0 aliphatic heterocycles. The Morgan fingerprint density at radius 3 is 1.87 bits per heavy atom. The summed E-state index contributed by atoms with van der Waals surface area (Å²) in [6.45, 7) is 0. The fourth-order valence-corrected chi connectivity index (χ4v) is 3.59. The first-order chi connectivity index (χ1) is 14.7. The number of anilines is 1. The van der Waals surface area contributed by atoms with Crippen molar-refractivity contribution in [2.45, 2.75) is 37.6 Å². The Hall–Kier alpha value is -3.40. The zero-order valence-electron chi connectivity index (χ0n) is 16.9. The van der Waals surface area contributed by atoms with Gasteiger partial charge in [0.1, 0.15) is 0 Å². The van der Waals surface area contributed by atoms with Crippen molar-refractivity contribution in [1.29, 1.82) is 0 Å². The maximum Gasteiger partial charge on any atom is 0.225 e. The van der Waals surface area contributed by atoms with Crippen LogP contribution in [0.15, 0.2) is 84.9 Å². The molecule has 0 radical (unpaired) electrons. The third kappa shape index (κ3) is 5.57. The highest BCUT2D eigenvalue weighted by atomic mass is 16.2. The number of rotatable bonds is 8. The topological polar surface area (TPSA) is 58.2 Å². The Morgan fingerprint density at radius 1 is 0.767 bits per heavy atom. The molecule has 0 aromatic heterocycles. The summed E-state index contributed by atoms with van der Waals surface area (Å²) in [5.74, 6) is 0.0209. The highest BCUT2D eigenvalue weighted by Crippen LogP contribution is 2.28. The van der Waals surface area contributed by atoms with Crippen LogP contribution in [0.1, 0.15) is 41.9 Å². The molecule has 4 heteroatoms. The van der Waals surface area contributed by atoms with Crippen molar-refractivity contribution in [3.63, 3.8) is 0 Å². The number of benzene rings is 3. The van der Waals surface area contributed by atoms with E-state index in [1.54, 1.807) is 0 Å². The van der Waals surface area contributed by atoms with Crippen LogP contribution in [-0.4, -0.2) is 17.9 Å². The maximum atomic E-state index is 12.8. The molecule has 3 aromatic rings. The first kappa shape index (κ1) is 19.9. The molecule has 1 aliphatic carbocycles. The molecule has 4 nitrogen and oxygen atoms in total. The highest BCUT2D eigenvalue weighted by Gasteiger charge is 2.23. The van der Waals surface area contributed by atoms with Crippen molar-refractivity contribution in [3.05, 3.63) is 102 Å². The van der Waals surface area contributed by atoms with Gasteiger partial charge >= 0.3 is 0 Å². The van der Waals surface area contributed by atoms with Gasteiger partial charge in [-0.15, -0.1) is 0 Å². The molecular weight excluding hydrogens is 372 g/mol. The molecule has 0 spiro atoms. The van der Waals surface area contributed by atoms with Crippen LogP contribution in [0, 0.1) is 0 Å². The van der Waals surface area contributed by atoms with Gasteiger partial charge in [0, 0.05) is 24.1 Å². The standard InChI is InChI=1S/C26H26N2O2/c29-25(27-23-15-16-23)17-19-11-13-22(14-12-19)28-26(30)18-24(20-7-3-1-4-8-20)21-9-5-2-6-10-21/h1-14,23-24H,15-18H2,(H,27,29)(H,28,30). The first-order valence-corrected chi connectivity index (χ1v) is 10.5. The summed E-state index contributed by atoms with van der Waals surface area (Å²) in [4.78, 5) is 24.7. The van der Waals surface area contributed by atoms with Crippen molar-refractivity contribution in [2.75, 3.05) is 5.32 Å². The van der Waals surface area contributed by atoms with E-state index in [1.165, 1.54) is 0 Å². The van der Waals surface area contributed by atoms with Crippen molar-refractivity contribution >= 4 is 17.5 Å². The average molecular weight is 399 g/mol. The van der Waals surface area contributed by atoms with E-state index in [0.717, 1.165) is 35.2 Å². The first-order valence-electron chi connectivity index (χ1n) is 10.5. The van der Waals surface area contributed by atoms with Gasteiger partial charge in [-0.2, -0.15) is 0 Å². The van der Waals surface area contributed by atoms with Gasteiger partial charge in [-0.05, 0) is 41.7 Å². The van der Waals surface area contributed by atoms with Crippen molar-refractivity contribution in [1.82, 2.24) is 5.32 Å². The Morgan fingerprint density at radius 2 is 1.33 bits per heavy atom. The van der Waals surface area contributed by atoms with Crippen LogP contribution < -0.4 is 10.6 Å². The van der Waals surface area contributed by atoms with Crippen LogP contribution in [0.25, 0.3) is 0 Å². The Bertz CT molecular complexity index is 941. The number of carbonyl (C=O) groups is 2. The average Bonchev–Trinajstić information content (AvgIpc) is 3.58. The molecule has 2 N–H and O–H groups in total. The van der Waals surface area contributed by atoms with E-state index in [9.17, 15) is 9.59 Å². The van der Waals surface area contributed by atoms with Crippen LogP contribution in [0.4, 0.5) is 5.69 Å². The van der Waals surface area contributed by atoms with E-state index < -0.39 is 0 Å². The van der Waals surface area contributed by atoms with Gasteiger partial charge in [-0.25, -0.2) is 0 Å². The summed E-state index contributed by atoms with van der Waals surface area (Å²) < 4.78 is 0. The van der Waals surface area contributed by atoms with Gasteiger partial charge in [-0.1, -0.05) is 72.8 Å². The zero-order valence-corrected chi connectivity index (χ0v) is 16.9. The third-order valence-electron chi connectivity index (χ3n) is 5.34. The molecule has 1 saturated carbocycles. The summed E-state index contributed by atoms with van der Waals surface area (Å²) in [5, 5.41) is 5.99. The lowest BCUT2D eigenvalue weighted by molar-refractivity contribution is -0.120. The number of carbonyl (C=O) groups excluding carboxylic acids is 2. The lowest BCUT2D eigenvalue weighted by Gasteiger charge is -2.18. The lowest BCUT2D eigenvalue weighted by Crippen LogP contribution is -2.26. The number of hydrogen-bond donors (Lipinski definition) is 2. The summed E-state index contributed by atoms with van der Waals surface area (Å²) in [6, 6.07) is 28.1. The summed E-state index contributed by atoms with van der Waals surface area (Å²) >= 11 is 0. The summed E-state index contributed by atoms with van der Waals surface area (Å²) in [7, 11) is 0. The van der Waals surface area contributed by atoms with E-state index in [0.29, 0.717) is 18.9 Å². The van der Waals surface area contributed by atoms with Gasteiger partial charge in [0.25, 0.3) is 0 Å². The number of amides is 2. The van der Waals surface area contributed by atoms with Gasteiger partial charge in [-0.3, -0.25) is 9.59 Å². The predicted octanol–water partition coefficient (Wildman–Crippen LogP) is 4.67. The Balaban J connectivity index is 1.39. The molecule has 0 atom stereocenters. The second-order valence-corrected chi connectivity index (χ2v) is 7.84. The second-order valence-electron chi connectivity index (χ2n) is 7.84. The van der Waals surface area contributed by atoms with Crippen LogP contribution in [0.2, 0.25) is 0 Å². The predicted molar refractivity (Wildman–Crippen MR) is 119 cm³/mol. The Labute approximate surface area is 177 Å². The van der Waals surface area contributed by atoms with E-state index in [4.69, 9.17) is 0 Å². The van der Waals surface area contributed by atoms with Gasteiger partial charge in [0.2, 0.25) is 11.8 Å². The molecule has 1 fully saturated rings. The summed E-state index contributed by atoms with van der Waals surface area (Å²) in [5.41, 5.74) is 3.93. The zero-order chi connectivity index (χ0) is 20.8. The molecule has 0 heterocycles.